The van der Waals surface area contributed by atoms with Crippen molar-refractivity contribution in [3.63, 3.8) is 0 Å². The molecule has 1 aliphatic rings. The average molecular weight is 357 g/mol. The van der Waals surface area contributed by atoms with Gasteiger partial charge in [0.15, 0.2) is 0 Å². The summed E-state index contributed by atoms with van der Waals surface area (Å²) in [6, 6.07) is 9.97. The summed E-state index contributed by atoms with van der Waals surface area (Å²) in [6.07, 6.45) is 2.10. The fourth-order valence-corrected chi connectivity index (χ4v) is 3.26. The molecule has 2 aromatic carbocycles. The second kappa shape index (κ2) is 7.51. The van der Waals surface area contributed by atoms with E-state index < -0.39 is 16.6 Å². The van der Waals surface area contributed by atoms with E-state index in [2.05, 4.69) is 12.2 Å². The Morgan fingerprint density at radius 2 is 2.12 bits per heavy atom. The van der Waals surface area contributed by atoms with Gasteiger partial charge < -0.3 is 10.2 Å². The topological polar surface area (TPSA) is 75.5 Å². The molecule has 1 saturated heterocycles. The summed E-state index contributed by atoms with van der Waals surface area (Å²) < 4.78 is 13.2. The highest BCUT2D eigenvalue weighted by Gasteiger charge is 2.25. The number of rotatable bonds is 4. The molecule has 136 valence electrons. The van der Waals surface area contributed by atoms with Gasteiger partial charge in [0.25, 0.3) is 11.6 Å². The van der Waals surface area contributed by atoms with Crippen LogP contribution in [0.4, 0.5) is 21.5 Å². The van der Waals surface area contributed by atoms with Gasteiger partial charge in [0, 0.05) is 30.4 Å². The van der Waals surface area contributed by atoms with Crippen molar-refractivity contribution < 1.29 is 14.1 Å². The number of nitrogens with zero attached hydrogens (tertiary/aromatic N) is 2. The van der Waals surface area contributed by atoms with Crippen LogP contribution in [0.3, 0.4) is 0 Å². The van der Waals surface area contributed by atoms with Gasteiger partial charge in [-0.15, -0.1) is 0 Å². The quantitative estimate of drug-likeness (QED) is 0.656. The zero-order chi connectivity index (χ0) is 18.7. The van der Waals surface area contributed by atoms with Crippen LogP contribution in [0, 0.1) is 21.8 Å². The molecule has 1 N–H and O–H groups in total. The van der Waals surface area contributed by atoms with Crippen molar-refractivity contribution in [3.05, 3.63) is 64.0 Å². The van der Waals surface area contributed by atoms with E-state index in [1.807, 2.05) is 4.90 Å². The molecular weight excluding hydrogens is 337 g/mol. The van der Waals surface area contributed by atoms with Gasteiger partial charge in [-0.1, -0.05) is 13.0 Å². The number of piperidine rings is 1. The fraction of sp³-hybridized carbons (Fsp3) is 0.316. The van der Waals surface area contributed by atoms with E-state index >= 15 is 0 Å². The zero-order valence-electron chi connectivity index (χ0n) is 14.4. The third-order valence-corrected chi connectivity index (χ3v) is 4.51. The number of hydrogen-bond donors (Lipinski definition) is 1. The van der Waals surface area contributed by atoms with Gasteiger partial charge in [0.2, 0.25) is 0 Å². The van der Waals surface area contributed by atoms with Crippen molar-refractivity contribution >= 4 is 23.0 Å². The number of anilines is 2. The Morgan fingerprint density at radius 3 is 2.81 bits per heavy atom. The predicted octanol–water partition coefficient (Wildman–Crippen LogP) is 4.22. The first-order valence-electron chi connectivity index (χ1n) is 8.54. The normalized spacial score (nSPS) is 17.0. The predicted molar refractivity (Wildman–Crippen MR) is 98.1 cm³/mol. The van der Waals surface area contributed by atoms with Gasteiger partial charge >= 0.3 is 0 Å². The summed E-state index contributed by atoms with van der Waals surface area (Å²) in [5.74, 6) is -0.514. The first-order valence-corrected chi connectivity index (χ1v) is 8.54. The maximum absolute atomic E-state index is 13.2. The molecule has 6 nitrogen and oxygen atoms in total. The number of amides is 1. The Bertz CT molecular complexity index is 841. The SMILES string of the molecule is CC1CCCN(c2ccc(C(=O)Nc3cccc(F)c3)cc2[N+](=O)[O-])C1. The fourth-order valence-electron chi connectivity index (χ4n) is 3.26. The Hall–Kier alpha value is -2.96. The molecule has 0 spiro atoms. The Balaban J connectivity index is 1.86. The number of carbonyl (C=O) groups is 1. The van der Waals surface area contributed by atoms with Crippen LogP contribution in [0.5, 0.6) is 0 Å². The smallest absolute Gasteiger partial charge is 0.293 e. The van der Waals surface area contributed by atoms with Crippen LogP contribution in [0.1, 0.15) is 30.1 Å². The van der Waals surface area contributed by atoms with Gasteiger partial charge in [-0.3, -0.25) is 14.9 Å². The maximum Gasteiger partial charge on any atom is 0.293 e. The molecule has 1 aliphatic heterocycles. The largest absolute Gasteiger partial charge is 0.366 e. The van der Waals surface area contributed by atoms with Crippen LogP contribution in [0.2, 0.25) is 0 Å². The zero-order valence-corrected chi connectivity index (χ0v) is 14.4. The minimum Gasteiger partial charge on any atom is -0.366 e. The molecule has 0 bridgehead atoms. The van der Waals surface area contributed by atoms with E-state index in [0.29, 0.717) is 17.3 Å². The van der Waals surface area contributed by atoms with Gasteiger partial charge in [0.05, 0.1) is 4.92 Å². The monoisotopic (exact) mass is 357 g/mol. The lowest BCUT2D eigenvalue weighted by Crippen LogP contribution is -2.34. The van der Waals surface area contributed by atoms with Gasteiger partial charge in [-0.25, -0.2) is 4.39 Å². The van der Waals surface area contributed by atoms with E-state index in [1.54, 1.807) is 18.2 Å². The number of nitro benzene ring substituents is 1. The van der Waals surface area contributed by atoms with Crippen molar-refractivity contribution in [2.24, 2.45) is 5.92 Å². The standard InChI is InChI=1S/C19H20FN3O3/c1-13-4-3-9-22(12-13)17-8-7-14(10-18(17)23(25)26)19(24)21-16-6-2-5-15(20)11-16/h2,5-8,10-11,13H,3-4,9,12H2,1H3,(H,21,24). The van der Waals surface area contributed by atoms with Crippen molar-refractivity contribution in [1.82, 2.24) is 0 Å². The van der Waals surface area contributed by atoms with Crippen molar-refractivity contribution in [3.8, 4) is 0 Å². The Labute approximate surface area is 150 Å². The molecule has 1 amide bonds. The minimum absolute atomic E-state index is 0.0917. The second-order valence-electron chi connectivity index (χ2n) is 6.62. The van der Waals surface area contributed by atoms with E-state index in [0.717, 1.165) is 25.9 Å². The first kappa shape index (κ1) is 17.8. The van der Waals surface area contributed by atoms with Crippen LogP contribution < -0.4 is 10.2 Å². The van der Waals surface area contributed by atoms with Crippen LogP contribution in [-0.4, -0.2) is 23.9 Å². The number of carbonyl (C=O) groups excluding carboxylic acids is 1. The second-order valence-corrected chi connectivity index (χ2v) is 6.62. The summed E-state index contributed by atoms with van der Waals surface area (Å²) in [5.41, 5.74) is 0.899. The van der Waals surface area contributed by atoms with E-state index in [1.165, 1.54) is 24.3 Å². The molecular formula is C19H20FN3O3. The first-order chi connectivity index (χ1) is 12.4. The highest BCUT2D eigenvalue weighted by Crippen LogP contribution is 2.32. The molecule has 0 saturated carbocycles. The van der Waals surface area contributed by atoms with E-state index in [-0.39, 0.29) is 11.3 Å². The lowest BCUT2D eigenvalue weighted by atomic mass is 9.99. The summed E-state index contributed by atoms with van der Waals surface area (Å²) >= 11 is 0. The number of halogens is 1. The molecule has 0 aromatic heterocycles. The van der Waals surface area contributed by atoms with E-state index in [4.69, 9.17) is 0 Å². The van der Waals surface area contributed by atoms with Crippen LogP contribution >= 0.6 is 0 Å². The van der Waals surface area contributed by atoms with Crippen molar-refractivity contribution in [2.45, 2.75) is 19.8 Å². The molecule has 2 aromatic rings. The molecule has 7 heteroatoms. The molecule has 26 heavy (non-hydrogen) atoms. The van der Waals surface area contributed by atoms with Crippen molar-refractivity contribution in [2.75, 3.05) is 23.3 Å². The van der Waals surface area contributed by atoms with Gasteiger partial charge in [0.1, 0.15) is 11.5 Å². The molecule has 0 radical (unpaired) electrons. The van der Waals surface area contributed by atoms with Crippen LogP contribution in [0.25, 0.3) is 0 Å². The number of benzene rings is 2. The molecule has 1 heterocycles. The lowest BCUT2D eigenvalue weighted by Gasteiger charge is -2.32. The lowest BCUT2D eigenvalue weighted by molar-refractivity contribution is -0.384. The Kier molecular flexibility index (Phi) is 5.16. The maximum atomic E-state index is 13.2. The van der Waals surface area contributed by atoms with Crippen LogP contribution in [0.15, 0.2) is 42.5 Å². The summed E-state index contributed by atoms with van der Waals surface area (Å²) in [6.45, 7) is 3.65. The summed E-state index contributed by atoms with van der Waals surface area (Å²) in [4.78, 5) is 25.4. The van der Waals surface area contributed by atoms with Gasteiger partial charge in [-0.05, 0) is 49.1 Å². The molecule has 3 rings (SSSR count). The third kappa shape index (κ3) is 3.99. The van der Waals surface area contributed by atoms with Crippen molar-refractivity contribution in [1.29, 1.82) is 0 Å². The summed E-state index contributed by atoms with van der Waals surface area (Å²) in [7, 11) is 0. The van der Waals surface area contributed by atoms with E-state index in [9.17, 15) is 19.3 Å². The highest BCUT2D eigenvalue weighted by atomic mass is 19.1. The molecule has 1 atom stereocenters. The molecule has 1 fully saturated rings. The number of nitro groups is 1. The highest BCUT2D eigenvalue weighted by molar-refractivity contribution is 6.05. The average Bonchev–Trinajstić information content (AvgIpc) is 2.61. The molecule has 1 unspecified atom stereocenters. The number of hydrogen-bond acceptors (Lipinski definition) is 4. The number of nitrogens with one attached hydrogen (secondary N) is 1. The summed E-state index contributed by atoms with van der Waals surface area (Å²) in [5, 5.41) is 14.1. The Morgan fingerprint density at radius 1 is 1.31 bits per heavy atom. The minimum atomic E-state index is -0.516. The van der Waals surface area contributed by atoms with Gasteiger partial charge in [-0.2, -0.15) is 0 Å². The third-order valence-electron chi connectivity index (χ3n) is 4.51. The molecule has 0 aliphatic carbocycles. The van der Waals surface area contributed by atoms with Crippen LogP contribution in [-0.2, 0) is 0 Å².